The van der Waals surface area contributed by atoms with Crippen molar-refractivity contribution < 1.29 is 24.0 Å². The first-order valence-electron chi connectivity index (χ1n) is 11.7. The summed E-state index contributed by atoms with van der Waals surface area (Å²) in [6.45, 7) is 6.42. The van der Waals surface area contributed by atoms with Crippen molar-refractivity contribution in [1.82, 2.24) is 4.90 Å². The highest BCUT2D eigenvalue weighted by Gasteiger charge is 2.28. The van der Waals surface area contributed by atoms with Gasteiger partial charge in [-0.2, -0.15) is 5.26 Å². The Morgan fingerprint density at radius 2 is 1.92 bits per heavy atom. The number of benzene rings is 2. The van der Waals surface area contributed by atoms with E-state index in [1.807, 2.05) is 26.8 Å². The average Bonchev–Trinajstić information content (AvgIpc) is 2.82. The van der Waals surface area contributed by atoms with Crippen LogP contribution >= 0.6 is 0 Å². The molecule has 0 atom stereocenters. The smallest absolute Gasteiger partial charge is 0.410 e. The highest BCUT2D eigenvalue weighted by atomic mass is 16.6. The zero-order valence-corrected chi connectivity index (χ0v) is 20.6. The number of carbonyl (C=O) groups excluding carboxylic acids is 2. The van der Waals surface area contributed by atoms with Crippen LogP contribution in [0.1, 0.15) is 50.3 Å². The molecule has 0 radical (unpaired) electrons. The molecule has 0 aliphatic carbocycles. The van der Waals surface area contributed by atoms with Crippen LogP contribution in [0.25, 0.3) is 6.08 Å². The number of ether oxygens (including phenoxy) is 2. The van der Waals surface area contributed by atoms with Gasteiger partial charge in [0.05, 0.1) is 16.6 Å². The molecule has 0 unspecified atom stereocenters. The number of hydrogen-bond donors (Lipinski definition) is 0. The fourth-order valence-corrected chi connectivity index (χ4v) is 3.78. The van der Waals surface area contributed by atoms with Gasteiger partial charge in [-0.05, 0) is 56.7 Å². The third kappa shape index (κ3) is 7.67. The van der Waals surface area contributed by atoms with Crippen molar-refractivity contribution in [3.63, 3.8) is 0 Å². The van der Waals surface area contributed by atoms with E-state index in [-0.39, 0.29) is 35.7 Å². The molecular formula is C27H29N3O6. The molecule has 0 spiro atoms. The van der Waals surface area contributed by atoms with Crippen molar-refractivity contribution in [1.29, 1.82) is 5.26 Å². The quantitative estimate of drug-likeness (QED) is 0.301. The molecule has 1 fully saturated rings. The molecule has 2 aromatic rings. The second-order valence-electron chi connectivity index (χ2n) is 9.55. The average molecular weight is 492 g/mol. The number of piperidine rings is 1. The Bertz CT molecular complexity index is 1200. The number of likely N-dealkylation sites (tertiary alicyclic amines) is 1. The van der Waals surface area contributed by atoms with Crippen LogP contribution in [0.5, 0.6) is 5.75 Å². The van der Waals surface area contributed by atoms with Crippen molar-refractivity contribution in [2.24, 2.45) is 0 Å². The maximum absolute atomic E-state index is 12.6. The topological polar surface area (TPSA) is 123 Å². The van der Waals surface area contributed by atoms with Gasteiger partial charge in [-0.15, -0.1) is 0 Å². The molecule has 3 rings (SSSR count). The summed E-state index contributed by atoms with van der Waals surface area (Å²) >= 11 is 0. The van der Waals surface area contributed by atoms with Crippen LogP contribution in [-0.4, -0.2) is 46.5 Å². The maximum Gasteiger partial charge on any atom is 0.410 e. The van der Waals surface area contributed by atoms with Gasteiger partial charge in [-0.1, -0.05) is 18.2 Å². The zero-order chi connectivity index (χ0) is 26.3. The van der Waals surface area contributed by atoms with Crippen molar-refractivity contribution in [3.8, 4) is 11.8 Å². The molecule has 0 N–H and O–H groups in total. The van der Waals surface area contributed by atoms with Gasteiger partial charge in [0, 0.05) is 44.0 Å². The molecule has 0 aromatic heterocycles. The molecule has 9 nitrogen and oxygen atoms in total. The molecule has 2 aromatic carbocycles. The third-order valence-corrected chi connectivity index (χ3v) is 5.49. The number of allylic oxidation sites excluding steroid dienone is 1. The van der Waals surface area contributed by atoms with Gasteiger partial charge in [-0.25, -0.2) is 4.79 Å². The Labute approximate surface area is 210 Å². The Morgan fingerprint density at radius 3 is 2.56 bits per heavy atom. The Hall–Kier alpha value is -4.19. The third-order valence-electron chi connectivity index (χ3n) is 5.49. The van der Waals surface area contributed by atoms with Crippen molar-refractivity contribution >= 4 is 23.6 Å². The normalized spacial score (nSPS) is 14.3. The van der Waals surface area contributed by atoms with E-state index in [1.54, 1.807) is 35.2 Å². The van der Waals surface area contributed by atoms with Crippen molar-refractivity contribution in [3.05, 3.63) is 75.3 Å². The number of hydrogen-bond acceptors (Lipinski definition) is 7. The van der Waals surface area contributed by atoms with E-state index in [2.05, 4.69) is 0 Å². The van der Waals surface area contributed by atoms with E-state index < -0.39 is 10.5 Å². The van der Waals surface area contributed by atoms with E-state index >= 15 is 0 Å². The van der Waals surface area contributed by atoms with E-state index in [0.29, 0.717) is 42.8 Å². The lowest BCUT2D eigenvalue weighted by molar-refractivity contribution is -0.385. The molecule has 1 aliphatic heterocycles. The fourth-order valence-electron chi connectivity index (χ4n) is 3.78. The lowest BCUT2D eigenvalue weighted by Crippen LogP contribution is -2.44. The first kappa shape index (κ1) is 26.4. The van der Waals surface area contributed by atoms with E-state index in [1.165, 1.54) is 24.3 Å². The SMILES string of the molecule is CC(C)(C)OC(=O)N1CCC(Oc2ccc([N+](=O)[O-])c(CC(=O)/C=C/c3cccc(C#N)c3)c2)CC1. The molecule has 36 heavy (non-hydrogen) atoms. The summed E-state index contributed by atoms with van der Waals surface area (Å²) in [5, 5.41) is 20.5. The monoisotopic (exact) mass is 491 g/mol. The number of carbonyl (C=O) groups is 2. The van der Waals surface area contributed by atoms with Crippen molar-refractivity contribution in [2.45, 2.75) is 51.7 Å². The molecule has 1 heterocycles. The lowest BCUT2D eigenvalue weighted by atomic mass is 10.0. The number of nitrogens with zero attached hydrogens (tertiary/aromatic N) is 3. The van der Waals surface area contributed by atoms with Gasteiger partial charge >= 0.3 is 6.09 Å². The molecule has 9 heteroatoms. The first-order valence-corrected chi connectivity index (χ1v) is 11.7. The summed E-state index contributed by atoms with van der Waals surface area (Å²) in [7, 11) is 0. The minimum atomic E-state index is -0.563. The second kappa shape index (κ2) is 11.5. The summed E-state index contributed by atoms with van der Waals surface area (Å²) in [5.74, 6) is 0.119. The number of nitro groups is 1. The zero-order valence-electron chi connectivity index (χ0n) is 20.6. The van der Waals surface area contributed by atoms with Gasteiger partial charge < -0.3 is 14.4 Å². The summed E-state index contributed by atoms with van der Waals surface area (Å²) < 4.78 is 11.4. The van der Waals surface area contributed by atoms with Gasteiger partial charge in [-0.3, -0.25) is 14.9 Å². The minimum Gasteiger partial charge on any atom is -0.490 e. The molecule has 188 valence electrons. The number of nitriles is 1. The highest BCUT2D eigenvalue weighted by Crippen LogP contribution is 2.27. The fraction of sp³-hybridized carbons (Fsp3) is 0.370. The molecular weight excluding hydrogens is 462 g/mol. The van der Waals surface area contributed by atoms with Crippen LogP contribution in [0.15, 0.2) is 48.5 Å². The Kier molecular flexibility index (Phi) is 8.43. The summed E-state index contributed by atoms with van der Waals surface area (Å²) in [5.41, 5.74) is 0.695. The number of amides is 1. The van der Waals surface area contributed by atoms with Crippen LogP contribution in [0.2, 0.25) is 0 Å². The van der Waals surface area contributed by atoms with Gasteiger partial charge in [0.2, 0.25) is 0 Å². The Balaban J connectivity index is 1.64. The number of ketones is 1. The van der Waals surface area contributed by atoms with E-state index in [9.17, 15) is 19.7 Å². The lowest BCUT2D eigenvalue weighted by Gasteiger charge is -2.33. The predicted molar refractivity (Wildman–Crippen MR) is 133 cm³/mol. The maximum atomic E-state index is 12.6. The standard InChI is InChI=1S/C27H29N3O6/c1-27(2,3)36-26(32)29-13-11-23(12-14-29)35-24-9-10-25(30(33)34)21(17-24)16-22(31)8-7-19-5-4-6-20(15-19)18-28/h4-10,15,17,23H,11-14,16H2,1-3H3/b8-7+. The summed E-state index contributed by atoms with van der Waals surface area (Å²) in [6.07, 6.45) is 3.42. The second-order valence-corrected chi connectivity index (χ2v) is 9.55. The van der Waals surface area contributed by atoms with Crippen molar-refractivity contribution in [2.75, 3.05) is 13.1 Å². The minimum absolute atomic E-state index is 0.157. The van der Waals surface area contributed by atoms with E-state index in [4.69, 9.17) is 14.7 Å². The highest BCUT2D eigenvalue weighted by molar-refractivity contribution is 5.95. The van der Waals surface area contributed by atoms with E-state index in [0.717, 1.165) is 0 Å². The van der Waals surface area contributed by atoms with Gasteiger partial charge in [0.1, 0.15) is 17.5 Å². The van der Waals surface area contributed by atoms with Gasteiger partial charge in [0.25, 0.3) is 5.69 Å². The predicted octanol–water partition coefficient (Wildman–Crippen LogP) is 5.07. The van der Waals surface area contributed by atoms with Crippen LogP contribution in [0.4, 0.5) is 10.5 Å². The summed E-state index contributed by atoms with van der Waals surface area (Å²) in [6, 6.07) is 13.2. The van der Waals surface area contributed by atoms with Crippen LogP contribution in [-0.2, 0) is 16.0 Å². The molecule has 1 saturated heterocycles. The van der Waals surface area contributed by atoms with Crippen LogP contribution in [0.3, 0.4) is 0 Å². The molecule has 0 saturated carbocycles. The number of nitro benzene ring substituents is 1. The molecule has 1 amide bonds. The largest absolute Gasteiger partial charge is 0.490 e. The Morgan fingerprint density at radius 1 is 1.19 bits per heavy atom. The van der Waals surface area contributed by atoms with Gasteiger partial charge in [0.15, 0.2) is 5.78 Å². The first-order chi connectivity index (χ1) is 17.0. The molecule has 0 bridgehead atoms. The van der Waals surface area contributed by atoms with Crippen LogP contribution in [0, 0.1) is 21.4 Å². The number of rotatable bonds is 7. The summed E-state index contributed by atoms with van der Waals surface area (Å²) in [4.78, 5) is 37.4. The molecule has 1 aliphatic rings. The van der Waals surface area contributed by atoms with Crippen LogP contribution < -0.4 is 4.74 Å².